The minimum atomic E-state index is -4.88. The maximum atomic E-state index is 13.7. The van der Waals surface area contributed by atoms with Crippen LogP contribution in [-0.4, -0.2) is 24.6 Å². The van der Waals surface area contributed by atoms with Gasteiger partial charge in [-0.2, -0.15) is 8.42 Å². The number of terminal acetylenes is 1. The minimum absolute atomic E-state index is 0.160. The van der Waals surface area contributed by atoms with E-state index in [0.717, 1.165) is 10.9 Å². The molecule has 8 heteroatoms. The standard InChI is InChI=1S/C27H21FN2O4S/c1-4-16-10-11-19-22(12-16)29-27-25(19)26(31)21-15-24(34-6-3)20(14-23(21)30(27)5-2)17-8-7-9-18(13-17)35(28,32)33/h1,7-15,29H,5-6H2,2-3H3. The lowest BCUT2D eigenvalue weighted by Gasteiger charge is -2.16. The molecule has 3 aromatic carbocycles. The Morgan fingerprint density at radius 3 is 2.57 bits per heavy atom. The third-order valence-electron chi connectivity index (χ3n) is 6.12. The molecule has 1 N–H and O–H groups in total. The van der Waals surface area contributed by atoms with E-state index in [2.05, 4.69) is 10.9 Å². The van der Waals surface area contributed by atoms with Crippen LogP contribution < -0.4 is 10.2 Å². The summed E-state index contributed by atoms with van der Waals surface area (Å²) in [5, 5.41) is 1.79. The molecule has 0 aliphatic heterocycles. The van der Waals surface area contributed by atoms with E-state index in [1.54, 1.807) is 24.3 Å². The number of nitrogens with one attached hydrogen (secondary N) is 1. The molecule has 0 spiro atoms. The number of rotatable bonds is 5. The number of fused-ring (bicyclic) bond motifs is 4. The van der Waals surface area contributed by atoms with E-state index in [-0.39, 0.29) is 5.43 Å². The van der Waals surface area contributed by atoms with Gasteiger partial charge in [0.1, 0.15) is 11.4 Å². The molecule has 6 nitrogen and oxygen atoms in total. The van der Waals surface area contributed by atoms with Gasteiger partial charge in [0, 0.05) is 28.6 Å². The van der Waals surface area contributed by atoms with Gasteiger partial charge in [-0.15, -0.1) is 10.3 Å². The Morgan fingerprint density at radius 1 is 1.09 bits per heavy atom. The number of aromatic amines is 1. The Balaban J connectivity index is 1.90. The maximum absolute atomic E-state index is 13.7. The highest BCUT2D eigenvalue weighted by molar-refractivity contribution is 7.86. The molecular weight excluding hydrogens is 467 g/mol. The number of benzene rings is 3. The van der Waals surface area contributed by atoms with E-state index in [1.165, 1.54) is 18.2 Å². The van der Waals surface area contributed by atoms with Crippen LogP contribution in [0.4, 0.5) is 3.89 Å². The van der Waals surface area contributed by atoms with Crippen LogP contribution in [0, 0.1) is 12.3 Å². The van der Waals surface area contributed by atoms with Crippen molar-refractivity contribution in [3.8, 4) is 29.2 Å². The SMILES string of the molecule is C#Cc1ccc2c(c1)[nH]c1c2c(=O)c2cc(OCC)c(-c3cccc(S(=O)(=O)F)c3)cc2n1CC. The summed E-state index contributed by atoms with van der Waals surface area (Å²) in [6, 6.07) is 14.5. The van der Waals surface area contributed by atoms with Crippen LogP contribution in [-0.2, 0) is 16.8 Å². The molecule has 0 atom stereocenters. The average Bonchev–Trinajstić information content (AvgIpc) is 3.22. The fourth-order valence-electron chi connectivity index (χ4n) is 4.58. The number of halogens is 1. The summed E-state index contributed by atoms with van der Waals surface area (Å²) in [7, 11) is -4.88. The van der Waals surface area contributed by atoms with Crippen molar-refractivity contribution in [2.75, 3.05) is 6.61 Å². The van der Waals surface area contributed by atoms with Crippen molar-refractivity contribution < 1.29 is 17.0 Å². The first-order valence-corrected chi connectivity index (χ1v) is 12.5. The lowest BCUT2D eigenvalue weighted by Crippen LogP contribution is -2.11. The van der Waals surface area contributed by atoms with Crippen molar-refractivity contribution >= 4 is 43.1 Å². The number of nitrogens with zero attached hydrogens (tertiary/aromatic N) is 1. The van der Waals surface area contributed by atoms with Crippen molar-refractivity contribution in [1.82, 2.24) is 9.55 Å². The van der Waals surface area contributed by atoms with Gasteiger partial charge >= 0.3 is 10.2 Å². The Hall–Kier alpha value is -4.09. The normalized spacial score (nSPS) is 11.8. The molecule has 0 saturated carbocycles. The predicted octanol–water partition coefficient (Wildman–Crippen LogP) is 5.36. The number of hydrogen-bond acceptors (Lipinski definition) is 4. The quantitative estimate of drug-likeness (QED) is 0.267. The van der Waals surface area contributed by atoms with Crippen LogP contribution in [0.25, 0.3) is 44.0 Å². The Morgan fingerprint density at radius 2 is 1.89 bits per heavy atom. The molecule has 0 aliphatic rings. The van der Waals surface area contributed by atoms with Crippen LogP contribution in [0.15, 0.2) is 64.3 Å². The van der Waals surface area contributed by atoms with Gasteiger partial charge in [0.05, 0.1) is 27.8 Å². The molecule has 5 rings (SSSR count). The highest BCUT2D eigenvalue weighted by Gasteiger charge is 2.20. The van der Waals surface area contributed by atoms with Gasteiger partial charge in [-0.25, -0.2) is 0 Å². The van der Waals surface area contributed by atoms with E-state index in [4.69, 9.17) is 11.2 Å². The van der Waals surface area contributed by atoms with E-state index in [0.29, 0.717) is 57.5 Å². The van der Waals surface area contributed by atoms with Gasteiger partial charge in [0.25, 0.3) is 0 Å². The van der Waals surface area contributed by atoms with Crippen LogP contribution in [0.2, 0.25) is 0 Å². The van der Waals surface area contributed by atoms with Crippen molar-refractivity contribution in [2.45, 2.75) is 25.3 Å². The topological polar surface area (TPSA) is 81.2 Å². The third kappa shape index (κ3) is 3.65. The number of aromatic nitrogens is 2. The number of H-pyrrole nitrogens is 1. The summed E-state index contributed by atoms with van der Waals surface area (Å²) in [6.07, 6.45) is 5.55. The van der Waals surface area contributed by atoms with Gasteiger partial charge in [-0.1, -0.05) is 24.1 Å². The second-order valence-corrected chi connectivity index (χ2v) is 9.44. The summed E-state index contributed by atoms with van der Waals surface area (Å²) < 4.78 is 44.5. The third-order valence-corrected chi connectivity index (χ3v) is 6.94. The van der Waals surface area contributed by atoms with Crippen LogP contribution in [0.1, 0.15) is 19.4 Å². The van der Waals surface area contributed by atoms with E-state index in [9.17, 15) is 17.1 Å². The number of hydrogen-bond donors (Lipinski definition) is 1. The van der Waals surface area contributed by atoms with Gasteiger partial charge in [0.2, 0.25) is 0 Å². The molecule has 0 radical (unpaired) electrons. The molecule has 176 valence electrons. The fraction of sp³-hybridized carbons (Fsp3) is 0.148. The van der Waals surface area contributed by atoms with Gasteiger partial charge in [0.15, 0.2) is 5.43 Å². The molecule has 2 aromatic heterocycles. The van der Waals surface area contributed by atoms with Crippen LogP contribution in [0.5, 0.6) is 5.75 Å². The minimum Gasteiger partial charge on any atom is -0.493 e. The molecule has 0 fully saturated rings. The van der Waals surface area contributed by atoms with Crippen molar-refractivity contribution in [1.29, 1.82) is 0 Å². The largest absolute Gasteiger partial charge is 0.493 e. The molecule has 0 saturated heterocycles. The zero-order valence-corrected chi connectivity index (χ0v) is 19.9. The first kappa shape index (κ1) is 22.7. The monoisotopic (exact) mass is 488 g/mol. The molecule has 0 unspecified atom stereocenters. The molecule has 0 aliphatic carbocycles. The summed E-state index contributed by atoms with van der Waals surface area (Å²) in [6.45, 7) is 4.65. The summed E-state index contributed by atoms with van der Waals surface area (Å²) >= 11 is 0. The highest BCUT2D eigenvalue weighted by Crippen LogP contribution is 2.36. The molecule has 2 heterocycles. The summed E-state index contributed by atoms with van der Waals surface area (Å²) in [4.78, 5) is 16.6. The van der Waals surface area contributed by atoms with Crippen molar-refractivity contribution in [3.05, 3.63) is 70.4 Å². The number of ether oxygens (including phenoxy) is 1. The fourth-order valence-corrected chi connectivity index (χ4v) is 5.09. The Bertz CT molecular complexity index is 1860. The molecule has 5 aromatic rings. The number of pyridine rings is 1. The van der Waals surface area contributed by atoms with Gasteiger partial charge in [-0.3, -0.25) is 4.79 Å². The van der Waals surface area contributed by atoms with E-state index in [1.807, 2.05) is 30.5 Å². The van der Waals surface area contributed by atoms with Crippen LogP contribution in [0.3, 0.4) is 0 Å². The molecule has 35 heavy (non-hydrogen) atoms. The second kappa shape index (κ2) is 8.29. The predicted molar refractivity (Wildman–Crippen MR) is 136 cm³/mol. The van der Waals surface area contributed by atoms with E-state index >= 15 is 0 Å². The molecular formula is C27H21FN2O4S. The summed E-state index contributed by atoms with van der Waals surface area (Å²) in [5.41, 5.74) is 3.61. The summed E-state index contributed by atoms with van der Waals surface area (Å²) in [5.74, 6) is 3.02. The number of aryl methyl sites for hydroxylation is 1. The second-order valence-electron chi connectivity index (χ2n) is 8.09. The first-order chi connectivity index (χ1) is 16.8. The zero-order valence-electron chi connectivity index (χ0n) is 19.1. The molecule has 0 amide bonds. The molecule has 0 bridgehead atoms. The maximum Gasteiger partial charge on any atom is 0.332 e. The first-order valence-electron chi connectivity index (χ1n) is 11.1. The lowest BCUT2D eigenvalue weighted by molar-refractivity contribution is 0.342. The van der Waals surface area contributed by atoms with Crippen LogP contribution >= 0.6 is 0 Å². The zero-order chi connectivity index (χ0) is 24.9. The Kier molecular flexibility index (Phi) is 5.37. The van der Waals surface area contributed by atoms with Crippen molar-refractivity contribution in [2.24, 2.45) is 0 Å². The van der Waals surface area contributed by atoms with Gasteiger partial charge in [-0.05, 0) is 55.8 Å². The highest BCUT2D eigenvalue weighted by atomic mass is 32.3. The van der Waals surface area contributed by atoms with Crippen molar-refractivity contribution in [3.63, 3.8) is 0 Å². The lowest BCUT2D eigenvalue weighted by atomic mass is 10.0. The average molecular weight is 489 g/mol. The Labute approximate surface area is 201 Å². The van der Waals surface area contributed by atoms with E-state index < -0.39 is 15.1 Å². The van der Waals surface area contributed by atoms with Gasteiger partial charge < -0.3 is 14.3 Å². The smallest absolute Gasteiger partial charge is 0.332 e.